The van der Waals surface area contributed by atoms with E-state index in [-0.39, 0.29) is 45.9 Å². The van der Waals surface area contributed by atoms with E-state index in [4.69, 9.17) is 23.2 Å². The molecule has 1 amide bonds. The van der Waals surface area contributed by atoms with Crippen LogP contribution >= 0.6 is 23.2 Å². The van der Waals surface area contributed by atoms with Gasteiger partial charge in [-0.1, -0.05) is 29.6 Å². The van der Waals surface area contributed by atoms with Crippen molar-refractivity contribution >= 4 is 29.1 Å². The number of aliphatic hydroxyl groups is 2. The van der Waals surface area contributed by atoms with E-state index in [1.807, 2.05) is 6.92 Å². The number of amides is 1. The Morgan fingerprint density at radius 2 is 2.00 bits per heavy atom. The van der Waals surface area contributed by atoms with Gasteiger partial charge in [-0.05, 0) is 57.8 Å². The normalized spacial score (nSPS) is 29.4. The van der Waals surface area contributed by atoms with Gasteiger partial charge in [0.15, 0.2) is 0 Å². The van der Waals surface area contributed by atoms with Gasteiger partial charge in [0.2, 0.25) is 5.91 Å². The minimum absolute atomic E-state index is 0.0280. The third-order valence-electron chi connectivity index (χ3n) is 7.27. The van der Waals surface area contributed by atoms with Gasteiger partial charge < -0.3 is 15.1 Å². The van der Waals surface area contributed by atoms with Crippen molar-refractivity contribution < 1.29 is 23.8 Å². The van der Waals surface area contributed by atoms with Crippen LogP contribution in [0.2, 0.25) is 10.0 Å². The number of carbonyl (C=O) groups is 1. The molecule has 6 atom stereocenters. The van der Waals surface area contributed by atoms with Gasteiger partial charge in [-0.2, -0.15) is 0 Å². The monoisotopic (exact) mass is 478 g/mol. The van der Waals surface area contributed by atoms with Gasteiger partial charge in [-0.3, -0.25) is 9.78 Å². The highest BCUT2D eigenvalue weighted by Crippen LogP contribution is 2.48. The first-order chi connectivity index (χ1) is 14.5. The number of fused-ring (bicyclic) bond motifs is 1. The third kappa shape index (κ3) is 4.70. The molecule has 3 rings (SSSR count). The molecule has 1 aliphatic carbocycles. The van der Waals surface area contributed by atoms with Crippen LogP contribution in [0.15, 0.2) is 6.20 Å². The van der Waals surface area contributed by atoms with Crippen molar-refractivity contribution in [3.05, 3.63) is 27.5 Å². The fourth-order valence-electron chi connectivity index (χ4n) is 5.50. The van der Waals surface area contributed by atoms with Crippen molar-refractivity contribution in [2.45, 2.75) is 77.0 Å². The smallest absolute Gasteiger partial charge is 0.266 e. The fraction of sp³-hybridized carbons (Fsp3) is 0.727. The molecule has 2 fully saturated rings. The maximum atomic E-state index is 13.5. The van der Waals surface area contributed by atoms with Crippen LogP contribution in [0.25, 0.3) is 0 Å². The van der Waals surface area contributed by atoms with Crippen molar-refractivity contribution in [2.24, 2.45) is 17.8 Å². The van der Waals surface area contributed by atoms with E-state index in [1.54, 1.807) is 4.90 Å². The molecule has 1 aliphatic heterocycles. The van der Waals surface area contributed by atoms with Crippen molar-refractivity contribution in [3.63, 3.8) is 0 Å². The quantitative estimate of drug-likeness (QED) is 0.645. The lowest BCUT2D eigenvalue weighted by molar-refractivity contribution is -0.164. The number of hydrogen-bond donors (Lipinski definition) is 2. The molecule has 1 saturated carbocycles. The average molecular weight is 479 g/mol. The molecule has 1 aromatic rings. The summed E-state index contributed by atoms with van der Waals surface area (Å²) in [6, 6.07) is -0.141. The van der Waals surface area contributed by atoms with Crippen LogP contribution < -0.4 is 0 Å². The Hall–Kier alpha value is -1.02. The topological polar surface area (TPSA) is 73.7 Å². The predicted molar refractivity (Wildman–Crippen MR) is 115 cm³/mol. The van der Waals surface area contributed by atoms with Gasteiger partial charge in [-0.25, -0.2) is 8.78 Å². The van der Waals surface area contributed by atoms with E-state index in [0.29, 0.717) is 24.9 Å². The Bertz CT molecular complexity index is 822. The van der Waals surface area contributed by atoms with Crippen molar-refractivity contribution in [1.29, 1.82) is 0 Å². The summed E-state index contributed by atoms with van der Waals surface area (Å²) in [4.78, 5) is 19.0. The SMILES string of the molecule is CC(O)c1ncc(Cl)c(CC(=O)N2CC[C@@H]3[C@H](CCC[C@H]3[C@](C)(O)C(F)F)[C@@H]2C)c1Cl. The zero-order valence-corrected chi connectivity index (χ0v) is 19.5. The van der Waals surface area contributed by atoms with Crippen LogP contribution in [-0.2, 0) is 11.2 Å². The Morgan fingerprint density at radius 1 is 1.32 bits per heavy atom. The number of carbonyl (C=O) groups excluding carboxylic acids is 1. The van der Waals surface area contributed by atoms with Crippen molar-refractivity contribution in [1.82, 2.24) is 9.88 Å². The molecule has 0 radical (unpaired) electrons. The van der Waals surface area contributed by atoms with Gasteiger partial charge >= 0.3 is 0 Å². The van der Waals surface area contributed by atoms with Gasteiger partial charge in [0, 0.05) is 24.3 Å². The molecule has 174 valence electrons. The zero-order valence-electron chi connectivity index (χ0n) is 18.0. The van der Waals surface area contributed by atoms with E-state index in [0.717, 1.165) is 12.8 Å². The second kappa shape index (κ2) is 9.46. The molecular weight excluding hydrogens is 449 g/mol. The molecule has 2 aliphatic rings. The Balaban J connectivity index is 1.78. The number of alkyl halides is 2. The summed E-state index contributed by atoms with van der Waals surface area (Å²) in [7, 11) is 0. The number of piperidine rings is 1. The van der Waals surface area contributed by atoms with Crippen LogP contribution in [0.4, 0.5) is 8.78 Å². The maximum Gasteiger partial charge on any atom is 0.266 e. The predicted octanol–water partition coefficient (Wildman–Crippen LogP) is 4.65. The number of halogens is 4. The fourth-order valence-corrected chi connectivity index (χ4v) is 6.14. The molecule has 0 aromatic carbocycles. The third-order valence-corrected chi connectivity index (χ3v) is 8.01. The zero-order chi connectivity index (χ0) is 23.1. The Labute approximate surface area is 191 Å². The van der Waals surface area contributed by atoms with Gasteiger partial charge in [0.05, 0.1) is 28.3 Å². The molecule has 1 saturated heterocycles. The molecular formula is C22H30Cl2F2N2O3. The summed E-state index contributed by atoms with van der Waals surface area (Å²) in [6.45, 7) is 5.15. The number of likely N-dealkylation sites (tertiary alicyclic amines) is 1. The van der Waals surface area contributed by atoms with Crippen LogP contribution in [0, 0.1) is 17.8 Å². The largest absolute Gasteiger partial charge is 0.387 e. The van der Waals surface area contributed by atoms with Crippen molar-refractivity contribution in [3.8, 4) is 0 Å². The molecule has 2 heterocycles. The molecule has 9 heteroatoms. The summed E-state index contributed by atoms with van der Waals surface area (Å²) in [5.74, 6) is -0.631. The molecule has 1 unspecified atom stereocenters. The number of pyridine rings is 1. The minimum Gasteiger partial charge on any atom is -0.387 e. The molecule has 0 spiro atoms. The highest BCUT2D eigenvalue weighted by molar-refractivity contribution is 6.36. The van der Waals surface area contributed by atoms with Gasteiger partial charge in [0.1, 0.15) is 5.60 Å². The van der Waals surface area contributed by atoms with Crippen molar-refractivity contribution in [2.75, 3.05) is 6.54 Å². The second-order valence-electron chi connectivity index (χ2n) is 9.14. The lowest BCUT2D eigenvalue weighted by atomic mass is 9.61. The summed E-state index contributed by atoms with van der Waals surface area (Å²) in [6.07, 6.45) is 0.399. The van der Waals surface area contributed by atoms with E-state index in [2.05, 4.69) is 4.98 Å². The number of nitrogens with zero attached hydrogens (tertiary/aromatic N) is 2. The number of hydrogen-bond acceptors (Lipinski definition) is 4. The minimum atomic E-state index is -2.80. The molecule has 2 N–H and O–H groups in total. The lowest BCUT2D eigenvalue weighted by Crippen LogP contribution is -2.57. The number of rotatable bonds is 5. The molecule has 5 nitrogen and oxygen atoms in total. The first-order valence-corrected chi connectivity index (χ1v) is 11.5. The van der Waals surface area contributed by atoms with E-state index >= 15 is 0 Å². The molecule has 1 aromatic heterocycles. The number of aromatic nitrogens is 1. The first kappa shape index (κ1) is 24.6. The van der Waals surface area contributed by atoms with Gasteiger partial charge in [0.25, 0.3) is 6.43 Å². The summed E-state index contributed by atoms with van der Waals surface area (Å²) in [5.41, 5.74) is -1.33. The second-order valence-corrected chi connectivity index (χ2v) is 9.93. The van der Waals surface area contributed by atoms with Gasteiger partial charge in [-0.15, -0.1) is 0 Å². The molecule has 31 heavy (non-hydrogen) atoms. The average Bonchev–Trinajstić information content (AvgIpc) is 2.70. The van der Waals surface area contributed by atoms with E-state index in [1.165, 1.54) is 20.0 Å². The summed E-state index contributed by atoms with van der Waals surface area (Å²) >= 11 is 12.6. The maximum absolute atomic E-state index is 13.5. The molecule has 0 bridgehead atoms. The summed E-state index contributed by atoms with van der Waals surface area (Å²) in [5, 5.41) is 20.7. The van der Waals surface area contributed by atoms with Crippen LogP contribution in [0.3, 0.4) is 0 Å². The Kier molecular flexibility index (Phi) is 7.51. The van der Waals surface area contributed by atoms with Crippen LogP contribution in [0.1, 0.15) is 63.8 Å². The van der Waals surface area contributed by atoms with E-state index < -0.39 is 24.0 Å². The highest BCUT2D eigenvalue weighted by atomic mass is 35.5. The lowest BCUT2D eigenvalue weighted by Gasteiger charge is -2.52. The summed E-state index contributed by atoms with van der Waals surface area (Å²) < 4.78 is 27.0. The highest BCUT2D eigenvalue weighted by Gasteiger charge is 2.51. The first-order valence-electron chi connectivity index (χ1n) is 10.8. The van der Waals surface area contributed by atoms with Crippen LogP contribution in [0.5, 0.6) is 0 Å². The van der Waals surface area contributed by atoms with Crippen LogP contribution in [-0.4, -0.2) is 50.6 Å². The number of aliphatic hydroxyl groups excluding tert-OH is 1. The standard InChI is InChI=1S/C22H30Cl2F2N2O3/c1-11-13-5-4-6-16(22(3,31)21(25)26)14(13)7-8-28(11)18(30)9-15-17(23)10-27-20(12(2)29)19(15)24/h10-14,16,21,29,31H,4-9H2,1-3H3/t11-,12?,13+,14+,16+,22-/m0/s1. The Morgan fingerprint density at radius 3 is 2.61 bits per heavy atom. The van der Waals surface area contributed by atoms with E-state index in [9.17, 15) is 23.8 Å².